The average Bonchev–Trinajstić information content (AvgIpc) is 2.23. The van der Waals surface area contributed by atoms with Gasteiger partial charge in [0.2, 0.25) is 0 Å². The lowest BCUT2D eigenvalue weighted by Gasteiger charge is -2.46. The average molecular weight is 223 g/mol. The Hall–Kier alpha value is -0.0400. The molecule has 0 amide bonds. The van der Waals surface area contributed by atoms with Crippen molar-refractivity contribution in [2.75, 3.05) is 13.1 Å². The molecule has 1 saturated heterocycles. The fraction of sp³-hybridized carbons (Fsp3) is 1.00. The molecular formula is C15H29N. The van der Waals surface area contributed by atoms with Gasteiger partial charge in [0.05, 0.1) is 0 Å². The van der Waals surface area contributed by atoms with Gasteiger partial charge in [-0.1, -0.05) is 27.7 Å². The Morgan fingerprint density at radius 3 is 2.12 bits per heavy atom. The van der Waals surface area contributed by atoms with Crippen molar-refractivity contribution in [3.05, 3.63) is 0 Å². The predicted molar refractivity (Wildman–Crippen MR) is 70.6 cm³/mol. The van der Waals surface area contributed by atoms with E-state index in [0.29, 0.717) is 5.41 Å². The highest BCUT2D eigenvalue weighted by Gasteiger charge is 2.36. The van der Waals surface area contributed by atoms with Crippen LogP contribution in [0.15, 0.2) is 0 Å². The number of piperidine rings is 1. The molecule has 0 aromatic rings. The molecular weight excluding hydrogens is 194 g/mol. The third kappa shape index (κ3) is 2.61. The molecule has 16 heavy (non-hydrogen) atoms. The predicted octanol–water partition coefficient (Wildman–Crippen LogP) is 3.93. The minimum atomic E-state index is 0.561. The summed E-state index contributed by atoms with van der Waals surface area (Å²) in [5, 5.41) is 0. The van der Waals surface area contributed by atoms with E-state index in [0.717, 1.165) is 17.9 Å². The first-order chi connectivity index (χ1) is 7.49. The number of nitrogens with zero attached hydrogens (tertiary/aromatic N) is 1. The molecule has 94 valence electrons. The summed E-state index contributed by atoms with van der Waals surface area (Å²) in [6.07, 6.45) is 7.14. The highest BCUT2D eigenvalue weighted by molar-refractivity contribution is 4.90. The lowest BCUT2D eigenvalue weighted by molar-refractivity contribution is 0.0379. The molecule has 1 aliphatic carbocycles. The van der Waals surface area contributed by atoms with E-state index in [2.05, 4.69) is 32.6 Å². The normalized spacial score (nSPS) is 37.5. The summed E-state index contributed by atoms with van der Waals surface area (Å²) < 4.78 is 0. The summed E-state index contributed by atoms with van der Waals surface area (Å²) in [5.41, 5.74) is 0.561. The highest BCUT2D eigenvalue weighted by Crippen LogP contribution is 2.42. The Kier molecular flexibility index (Phi) is 3.63. The van der Waals surface area contributed by atoms with Crippen molar-refractivity contribution >= 4 is 0 Å². The van der Waals surface area contributed by atoms with Crippen LogP contribution in [0.1, 0.15) is 59.8 Å². The van der Waals surface area contributed by atoms with E-state index in [1.54, 1.807) is 0 Å². The van der Waals surface area contributed by atoms with E-state index in [1.807, 2.05) is 0 Å². The van der Waals surface area contributed by atoms with Crippen LogP contribution in [0, 0.1) is 17.3 Å². The van der Waals surface area contributed by atoms with Gasteiger partial charge in [-0.15, -0.1) is 0 Å². The fourth-order valence-electron chi connectivity index (χ4n) is 3.45. The van der Waals surface area contributed by atoms with Gasteiger partial charge in [0.1, 0.15) is 0 Å². The van der Waals surface area contributed by atoms with Gasteiger partial charge >= 0.3 is 0 Å². The van der Waals surface area contributed by atoms with Gasteiger partial charge in [0, 0.05) is 6.04 Å². The van der Waals surface area contributed by atoms with Crippen molar-refractivity contribution in [3.8, 4) is 0 Å². The second kappa shape index (κ2) is 4.68. The van der Waals surface area contributed by atoms with E-state index in [9.17, 15) is 0 Å². The minimum Gasteiger partial charge on any atom is -0.300 e. The molecule has 1 heteroatoms. The molecule has 0 aromatic carbocycles. The Morgan fingerprint density at radius 1 is 0.938 bits per heavy atom. The van der Waals surface area contributed by atoms with Crippen LogP contribution in [0.25, 0.3) is 0 Å². The van der Waals surface area contributed by atoms with Gasteiger partial charge in [0.25, 0.3) is 0 Å². The van der Waals surface area contributed by atoms with Crippen LogP contribution in [0.2, 0.25) is 0 Å². The fourth-order valence-corrected chi connectivity index (χ4v) is 3.45. The van der Waals surface area contributed by atoms with Crippen LogP contribution in [0.5, 0.6) is 0 Å². The lowest BCUT2D eigenvalue weighted by Crippen LogP contribution is -2.46. The lowest BCUT2D eigenvalue weighted by atomic mass is 9.67. The Labute approximate surface area is 102 Å². The zero-order chi connectivity index (χ0) is 11.8. The van der Waals surface area contributed by atoms with Gasteiger partial charge in [-0.25, -0.2) is 0 Å². The molecule has 2 atom stereocenters. The second-order valence-electron chi connectivity index (χ2n) is 7.04. The van der Waals surface area contributed by atoms with E-state index in [1.165, 1.54) is 45.2 Å². The maximum Gasteiger partial charge on any atom is 0.0100 e. The quantitative estimate of drug-likeness (QED) is 0.651. The van der Waals surface area contributed by atoms with E-state index in [4.69, 9.17) is 0 Å². The molecule has 0 spiro atoms. The van der Waals surface area contributed by atoms with E-state index < -0.39 is 0 Å². The molecule has 0 N–H and O–H groups in total. The molecule has 1 aliphatic heterocycles. The summed E-state index contributed by atoms with van der Waals surface area (Å²) in [4.78, 5) is 2.79. The van der Waals surface area contributed by atoms with Crippen molar-refractivity contribution in [2.45, 2.75) is 65.8 Å². The van der Waals surface area contributed by atoms with E-state index >= 15 is 0 Å². The number of hydrogen-bond donors (Lipinski definition) is 0. The van der Waals surface area contributed by atoms with Gasteiger partial charge in [0.15, 0.2) is 0 Å². The van der Waals surface area contributed by atoms with Crippen LogP contribution in [0.3, 0.4) is 0 Å². The maximum atomic E-state index is 2.79. The van der Waals surface area contributed by atoms with Crippen molar-refractivity contribution in [1.82, 2.24) is 4.90 Å². The van der Waals surface area contributed by atoms with Crippen LogP contribution >= 0.6 is 0 Å². The topological polar surface area (TPSA) is 3.24 Å². The zero-order valence-electron chi connectivity index (χ0n) is 11.6. The SMILES string of the molecule is CC1CCN([C@H]2CC[C@H](C)C(C)(C)C2)CC1. The molecule has 1 nitrogen and oxygen atoms in total. The summed E-state index contributed by atoms with van der Waals surface area (Å²) in [7, 11) is 0. The maximum absolute atomic E-state index is 2.79. The Bertz CT molecular complexity index is 226. The second-order valence-corrected chi connectivity index (χ2v) is 7.04. The third-order valence-corrected chi connectivity index (χ3v) is 5.36. The molecule has 2 aliphatic rings. The van der Waals surface area contributed by atoms with Crippen LogP contribution in [0.4, 0.5) is 0 Å². The van der Waals surface area contributed by atoms with Gasteiger partial charge < -0.3 is 4.90 Å². The zero-order valence-corrected chi connectivity index (χ0v) is 11.6. The minimum absolute atomic E-state index is 0.561. The Balaban J connectivity index is 1.91. The first-order valence-electron chi connectivity index (χ1n) is 7.23. The molecule has 0 radical (unpaired) electrons. The monoisotopic (exact) mass is 223 g/mol. The molecule has 1 heterocycles. The molecule has 0 unspecified atom stereocenters. The number of rotatable bonds is 1. The first-order valence-corrected chi connectivity index (χ1v) is 7.23. The van der Waals surface area contributed by atoms with Gasteiger partial charge in [-0.05, 0) is 62.4 Å². The first kappa shape index (κ1) is 12.4. The van der Waals surface area contributed by atoms with Crippen molar-refractivity contribution in [1.29, 1.82) is 0 Å². The van der Waals surface area contributed by atoms with Crippen LogP contribution < -0.4 is 0 Å². The number of hydrogen-bond acceptors (Lipinski definition) is 1. The molecule has 2 fully saturated rings. The summed E-state index contributed by atoms with van der Waals surface area (Å²) >= 11 is 0. The molecule has 0 aromatic heterocycles. The summed E-state index contributed by atoms with van der Waals surface area (Å²) in [5.74, 6) is 1.87. The van der Waals surface area contributed by atoms with E-state index in [-0.39, 0.29) is 0 Å². The molecule has 1 saturated carbocycles. The van der Waals surface area contributed by atoms with Crippen LogP contribution in [-0.2, 0) is 0 Å². The smallest absolute Gasteiger partial charge is 0.0100 e. The summed E-state index contributed by atoms with van der Waals surface area (Å²) in [6.45, 7) is 12.5. The van der Waals surface area contributed by atoms with Crippen molar-refractivity contribution in [3.63, 3.8) is 0 Å². The van der Waals surface area contributed by atoms with Crippen molar-refractivity contribution < 1.29 is 0 Å². The number of likely N-dealkylation sites (tertiary alicyclic amines) is 1. The largest absolute Gasteiger partial charge is 0.300 e. The Morgan fingerprint density at radius 2 is 1.56 bits per heavy atom. The molecule has 2 rings (SSSR count). The molecule has 0 bridgehead atoms. The van der Waals surface area contributed by atoms with Crippen molar-refractivity contribution in [2.24, 2.45) is 17.3 Å². The third-order valence-electron chi connectivity index (χ3n) is 5.36. The summed E-state index contributed by atoms with van der Waals surface area (Å²) in [6, 6.07) is 0.888. The standard InChI is InChI=1S/C15H29N/c1-12-7-9-16(10-8-12)14-6-5-13(2)15(3,4)11-14/h12-14H,5-11H2,1-4H3/t13-,14-/m0/s1. The van der Waals surface area contributed by atoms with Gasteiger partial charge in [-0.2, -0.15) is 0 Å². The highest BCUT2D eigenvalue weighted by atomic mass is 15.2. The van der Waals surface area contributed by atoms with Crippen LogP contribution in [-0.4, -0.2) is 24.0 Å². The van der Waals surface area contributed by atoms with Gasteiger partial charge in [-0.3, -0.25) is 0 Å².